The lowest BCUT2D eigenvalue weighted by atomic mass is 10.4. The van der Waals surface area contributed by atoms with Crippen LogP contribution in [-0.4, -0.2) is 74.9 Å². The van der Waals surface area contributed by atoms with Crippen molar-refractivity contribution >= 4 is 0 Å². The van der Waals surface area contributed by atoms with E-state index in [1.54, 1.807) is 7.05 Å². The SMILES string of the molecule is CN1CCN(C)CC[N+](C)([O-])CC1. The molecule has 0 N–H and O–H groups in total. The Morgan fingerprint density at radius 1 is 0.923 bits per heavy atom. The zero-order valence-corrected chi connectivity index (χ0v) is 8.99. The zero-order chi connectivity index (χ0) is 9.90. The van der Waals surface area contributed by atoms with E-state index in [0.717, 1.165) is 26.2 Å². The minimum Gasteiger partial charge on any atom is -0.633 e. The zero-order valence-electron chi connectivity index (χ0n) is 8.99. The van der Waals surface area contributed by atoms with Gasteiger partial charge in [-0.25, -0.2) is 0 Å². The lowest BCUT2D eigenvalue weighted by Crippen LogP contribution is -2.45. The van der Waals surface area contributed by atoms with Crippen molar-refractivity contribution < 1.29 is 4.65 Å². The van der Waals surface area contributed by atoms with Gasteiger partial charge in [-0.3, -0.25) is 9.80 Å². The van der Waals surface area contributed by atoms with E-state index >= 15 is 0 Å². The van der Waals surface area contributed by atoms with Crippen LogP contribution >= 0.6 is 0 Å². The molecule has 0 aliphatic carbocycles. The van der Waals surface area contributed by atoms with Gasteiger partial charge in [0.1, 0.15) is 0 Å². The summed E-state index contributed by atoms with van der Waals surface area (Å²) in [5, 5.41) is 11.8. The summed E-state index contributed by atoms with van der Waals surface area (Å²) in [7, 11) is 5.94. The molecule has 0 amide bonds. The van der Waals surface area contributed by atoms with Gasteiger partial charge in [-0.1, -0.05) is 0 Å². The molecule has 13 heavy (non-hydrogen) atoms. The molecule has 4 heteroatoms. The molecule has 0 unspecified atom stereocenters. The standard InChI is InChI=1S/C9H21N3O/c1-10-4-5-11(2)7-9-12(3,13)8-6-10/h4-9H2,1-3H3. The minimum absolute atomic E-state index is 0.103. The largest absolute Gasteiger partial charge is 0.633 e. The van der Waals surface area contributed by atoms with Crippen LogP contribution in [0.3, 0.4) is 0 Å². The van der Waals surface area contributed by atoms with E-state index in [1.165, 1.54) is 0 Å². The van der Waals surface area contributed by atoms with Crippen molar-refractivity contribution in [2.75, 3.05) is 60.4 Å². The summed E-state index contributed by atoms with van der Waals surface area (Å²) in [6.07, 6.45) is 0. The maximum absolute atomic E-state index is 11.8. The van der Waals surface area contributed by atoms with Gasteiger partial charge < -0.3 is 9.85 Å². The normalized spacial score (nSPS) is 27.7. The highest BCUT2D eigenvalue weighted by Gasteiger charge is 2.15. The highest BCUT2D eigenvalue weighted by atomic mass is 16.5. The molecular weight excluding hydrogens is 166 g/mol. The maximum Gasteiger partial charge on any atom is 0.0911 e. The van der Waals surface area contributed by atoms with Crippen molar-refractivity contribution in [2.24, 2.45) is 0 Å². The monoisotopic (exact) mass is 187 g/mol. The predicted molar refractivity (Wildman–Crippen MR) is 54.3 cm³/mol. The van der Waals surface area contributed by atoms with Gasteiger partial charge in [0, 0.05) is 26.2 Å². The van der Waals surface area contributed by atoms with Crippen molar-refractivity contribution in [3.05, 3.63) is 5.21 Å². The molecule has 0 saturated carbocycles. The summed E-state index contributed by atoms with van der Waals surface area (Å²) in [6, 6.07) is 0. The first-order valence-corrected chi connectivity index (χ1v) is 4.92. The van der Waals surface area contributed by atoms with Gasteiger partial charge in [-0.2, -0.15) is 0 Å². The molecule has 78 valence electrons. The molecule has 0 aromatic carbocycles. The van der Waals surface area contributed by atoms with Crippen LogP contribution in [0.15, 0.2) is 0 Å². The summed E-state index contributed by atoms with van der Waals surface area (Å²) in [6.45, 7) is 5.38. The molecule has 1 heterocycles. The molecule has 0 spiro atoms. The number of hydrogen-bond acceptors (Lipinski definition) is 3. The smallest absolute Gasteiger partial charge is 0.0911 e. The Bertz CT molecular complexity index is 145. The van der Waals surface area contributed by atoms with Crippen LogP contribution in [0.1, 0.15) is 0 Å². The minimum atomic E-state index is -0.103. The topological polar surface area (TPSA) is 29.5 Å². The molecule has 1 aliphatic rings. The Labute approximate surface area is 80.9 Å². The molecule has 0 aromatic heterocycles. The molecule has 1 rings (SSSR count). The summed E-state index contributed by atoms with van der Waals surface area (Å²) in [5.74, 6) is 0. The van der Waals surface area contributed by atoms with Crippen LogP contribution in [0.2, 0.25) is 0 Å². The quantitative estimate of drug-likeness (QED) is 0.389. The van der Waals surface area contributed by atoms with E-state index < -0.39 is 0 Å². The fourth-order valence-corrected chi connectivity index (χ4v) is 1.44. The van der Waals surface area contributed by atoms with E-state index in [2.05, 4.69) is 23.9 Å². The molecular formula is C9H21N3O. The first-order valence-electron chi connectivity index (χ1n) is 4.92. The van der Waals surface area contributed by atoms with Gasteiger partial charge in [0.25, 0.3) is 0 Å². The average Bonchev–Trinajstić information content (AvgIpc) is 2.11. The Morgan fingerprint density at radius 3 is 1.69 bits per heavy atom. The summed E-state index contributed by atoms with van der Waals surface area (Å²) < 4.78 is -0.103. The second-order valence-electron chi connectivity index (χ2n) is 4.35. The lowest BCUT2D eigenvalue weighted by molar-refractivity contribution is -0.859. The molecule has 4 nitrogen and oxygen atoms in total. The molecule has 1 saturated heterocycles. The van der Waals surface area contributed by atoms with Crippen LogP contribution in [0, 0.1) is 5.21 Å². The van der Waals surface area contributed by atoms with Crippen LogP contribution in [0.5, 0.6) is 0 Å². The van der Waals surface area contributed by atoms with Gasteiger partial charge in [-0.15, -0.1) is 0 Å². The Hall–Kier alpha value is -0.160. The van der Waals surface area contributed by atoms with Crippen LogP contribution in [0.25, 0.3) is 0 Å². The number of hydrogen-bond donors (Lipinski definition) is 0. The lowest BCUT2D eigenvalue weighted by Gasteiger charge is -2.39. The van der Waals surface area contributed by atoms with Crippen molar-refractivity contribution in [3.63, 3.8) is 0 Å². The summed E-state index contributed by atoms with van der Waals surface area (Å²) >= 11 is 0. The maximum atomic E-state index is 11.8. The number of likely N-dealkylation sites (N-methyl/N-ethyl adjacent to an activating group) is 3. The van der Waals surface area contributed by atoms with Gasteiger partial charge in [0.05, 0.1) is 20.1 Å². The highest BCUT2D eigenvalue weighted by molar-refractivity contribution is 4.60. The van der Waals surface area contributed by atoms with E-state index in [4.69, 9.17) is 0 Å². The number of quaternary nitrogens is 1. The van der Waals surface area contributed by atoms with Crippen molar-refractivity contribution in [3.8, 4) is 0 Å². The summed E-state index contributed by atoms with van der Waals surface area (Å²) in [4.78, 5) is 4.46. The first kappa shape index (κ1) is 10.9. The van der Waals surface area contributed by atoms with Gasteiger partial charge >= 0.3 is 0 Å². The van der Waals surface area contributed by atoms with Gasteiger partial charge in [-0.05, 0) is 14.1 Å². The number of rotatable bonds is 0. The van der Waals surface area contributed by atoms with Crippen molar-refractivity contribution in [1.82, 2.24) is 9.80 Å². The van der Waals surface area contributed by atoms with Crippen LogP contribution in [-0.2, 0) is 0 Å². The van der Waals surface area contributed by atoms with E-state index in [0.29, 0.717) is 13.1 Å². The molecule has 1 fully saturated rings. The van der Waals surface area contributed by atoms with Gasteiger partial charge in [0.2, 0.25) is 0 Å². The molecule has 0 aromatic rings. The van der Waals surface area contributed by atoms with Crippen LogP contribution in [0.4, 0.5) is 0 Å². The van der Waals surface area contributed by atoms with Crippen molar-refractivity contribution in [1.29, 1.82) is 0 Å². The average molecular weight is 187 g/mol. The fraction of sp³-hybridized carbons (Fsp3) is 1.00. The van der Waals surface area contributed by atoms with E-state index in [9.17, 15) is 5.21 Å². The third-order valence-corrected chi connectivity index (χ3v) is 2.77. The Morgan fingerprint density at radius 2 is 1.31 bits per heavy atom. The van der Waals surface area contributed by atoms with Crippen molar-refractivity contribution in [2.45, 2.75) is 0 Å². The van der Waals surface area contributed by atoms with Crippen LogP contribution < -0.4 is 0 Å². The second kappa shape index (κ2) is 4.37. The summed E-state index contributed by atoms with van der Waals surface area (Å²) in [5.41, 5.74) is 0. The molecule has 0 bridgehead atoms. The molecule has 0 radical (unpaired) electrons. The molecule has 1 aliphatic heterocycles. The second-order valence-corrected chi connectivity index (χ2v) is 4.35. The predicted octanol–water partition coefficient (Wildman–Crippen LogP) is -0.192. The third kappa shape index (κ3) is 4.04. The Kier molecular flexibility index (Phi) is 3.67. The molecule has 0 atom stereocenters. The first-order chi connectivity index (χ1) is 5.99. The van der Waals surface area contributed by atoms with E-state index in [1.807, 2.05) is 0 Å². The number of hydroxylamine groups is 3. The van der Waals surface area contributed by atoms with Gasteiger partial charge in [0.15, 0.2) is 0 Å². The third-order valence-electron chi connectivity index (χ3n) is 2.77. The van der Waals surface area contributed by atoms with E-state index in [-0.39, 0.29) is 4.65 Å². The fourth-order valence-electron chi connectivity index (χ4n) is 1.44. The highest BCUT2D eigenvalue weighted by Crippen LogP contribution is 2.02. The Balaban J connectivity index is 2.49. The number of nitrogens with zero attached hydrogens (tertiary/aromatic N) is 3.